The number of ketones is 1. The average molecular weight is 946 g/mol. The Morgan fingerprint density at radius 1 is 0.957 bits per heavy atom. The summed E-state index contributed by atoms with van der Waals surface area (Å²) in [6.45, 7) is 15.2. The van der Waals surface area contributed by atoms with Gasteiger partial charge in [0.15, 0.2) is 5.75 Å². The van der Waals surface area contributed by atoms with E-state index >= 15 is 0 Å². The fourth-order valence-corrected chi connectivity index (χ4v) is 10.4. The molecule has 1 amide bonds. The van der Waals surface area contributed by atoms with Gasteiger partial charge >= 0.3 is 11.8 Å². The Morgan fingerprint density at radius 3 is 2.39 bits per heavy atom. The lowest BCUT2D eigenvalue weighted by molar-refractivity contribution is -0.160. The third-order valence-electron chi connectivity index (χ3n) is 14.7. The highest BCUT2D eigenvalue weighted by Gasteiger charge is 2.50. The van der Waals surface area contributed by atoms with Gasteiger partial charge in [0.25, 0.3) is 11.7 Å². The average Bonchev–Trinajstić information content (AvgIpc) is 3.60. The second kappa shape index (κ2) is 19.3. The summed E-state index contributed by atoms with van der Waals surface area (Å²) in [5.41, 5.74) is 2.10. The Balaban J connectivity index is 1.23. The highest BCUT2D eigenvalue weighted by Crippen LogP contribution is 2.51. The number of methoxy groups -OCH3 is 1. The number of hydrogen-bond acceptors (Lipinski definition) is 15. The topological polar surface area (TPSA) is 222 Å². The molecule has 4 bridgehead atoms. The summed E-state index contributed by atoms with van der Waals surface area (Å²) < 4.78 is 24.2. The Hall–Kier alpha value is -6.20. The van der Waals surface area contributed by atoms with Crippen molar-refractivity contribution >= 4 is 45.0 Å². The number of rotatable bonds is 4. The number of aliphatic hydroxyl groups excluding tert-OH is 2. The van der Waals surface area contributed by atoms with Crippen molar-refractivity contribution in [3.05, 3.63) is 100 Å². The number of benzene rings is 3. The summed E-state index contributed by atoms with van der Waals surface area (Å²) in [5, 5.41) is 52.1. The smallest absolute Gasteiger partial charge is 0.312 e. The van der Waals surface area contributed by atoms with Crippen LogP contribution >= 0.6 is 0 Å². The summed E-state index contributed by atoms with van der Waals surface area (Å²) >= 11 is 0. The van der Waals surface area contributed by atoms with Gasteiger partial charge in [-0.2, -0.15) is 0 Å². The number of fused-ring (bicyclic) bond motifs is 2. The number of carbonyl (C=O) groups is 3. The molecule has 4 aliphatic heterocycles. The quantitative estimate of drug-likeness (QED) is 0.119. The molecule has 16 heteroatoms. The number of amides is 1. The van der Waals surface area contributed by atoms with Crippen molar-refractivity contribution in [2.75, 3.05) is 32.1 Å². The maximum atomic E-state index is 15.0. The van der Waals surface area contributed by atoms with E-state index in [0.29, 0.717) is 38.2 Å². The molecule has 9 atom stereocenters. The number of aromatic nitrogens is 1. The highest BCUT2D eigenvalue weighted by molar-refractivity contribution is 6.21. The zero-order chi connectivity index (χ0) is 49.7. The van der Waals surface area contributed by atoms with Gasteiger partial charge in [-0.25, -0.2) is 4.99 Å². The molecule has 16 nitrogen and oxygen atoms in total. The van der Waals surface area contributed by atoms with Crippen LogP contribution in [0.1, 0.15) is 82.8 Å². The lowest BCUT2D eigenvalue weighted by Gasteiger charge is -2.44. The van der Waals surface area contributed by atoms with E-state index in [-0.39, 0.29) is 56.2 Å². The van der Waals surface area contributed by atoms with E-state index in [1.54, 1.807) is 59.8 Å². The van der Waals surface area contributed by atoms with Crippen LogP contribution in [0.2, 0.25) is 0 Å². The summed E-state index contributed by atoms with van der Waals surface area (Å²) in [6, 6.07) is 10.2. The molecule has 366 valence electrons. The number of phenols is 2. The van der Waals surface area contributed by atoms with Gasteiger partial charge in [0.05, 0.1) is 58.8 Å². The highest BCUT2D eigenvalue weighted by atomic mass is 16.7. The molecule has 4 aliphatic rings. The van der Waals surface area contributed by atoms with Crippen molar-refractivity contribution in [2.45, 2.75) is 111 Å². The van der Waals surface area contributed by atoms with Gasteiger partial charge in [-0.1, -0.05) is 64.1 Å². The normalized spacial score (nSPS) is 30.3. The number of nitrogens with zero attached hydrogens (tertiary/aromatic N) is 4. The molecular weight excluding hydrogens is 883 g/mol. The van der Waals surface area contributed by atoms with Crippen LogP contribution in [0.4, 0.5) is 5.69 Å². The summed E-state index contributed by atoms with van der Waals surface area (Å²) in [5.74, 6) is -7.19. The van der Waals surface area contributed by atoms with Crippen molar-refractivity contribution < 1.29 is 53.8 Å². The molecule has 1 unspecified atom stereocenters. The van der Waals surface area contributed by atoms with Gasteiger partial charge in [0.1, 0.15) is 28.3 Å². The van der Waals surface area contributed by atoms with E-state index in [0.717, 1.165) is 16.5 Å². The number of esters is 1. The second-order valence-electron chi connectivity index (χ2n) is 19.5. The van der Waals surface area contributed by atoms with Gasteiger partial charge in [0.2, 0.25) is 0 Å². The zero-order valence-corrected chi connectivity index (χ0v) is 40.6. The molecule has 1 aromatic heterocycles. The SMILES string of the molecule is CO[C@H]1/C=C/O[C@@]2(C)Oc3c(C)c(O)c4c(O)c(c5c(c4c3C2=O)NC2(CCN(Cc3cnc4ccccc4c3)CC2)CN=5)=NC(=O)/C(C)=C\C=C\[C@H](C)[C@H](O)[C@@H](C)[C@@H](O)[C@@H](C)[C@H](OC(C)=O)C1C. The number of nitrogens with one attached hydrogen (secondary N) is 1. The Bertz CT molecular complexity index is 2920. The number of hydrogen-bond donors (Lipinski definition) is 5. The number of pyridine rings is 1. The van der Waals surface area contributed by atoms with E-state index in [1.165, 1.54) is 33.3 Å². The Labute approximate surface area is 401 Å². The molecule has 0 aliphatic carbocycles. The van der Waals surface area contributed by atoms with Crippen molar-refractivity contribution in [1.82, 2.24) is 9.88 Å². The van der Waals surface area contributed by atoms with Crippen LogP contribution in [0.5, 0.6) is 17.2 Å². The van der Waals surface area contributed by atoms with Gasteiger partial charge in [0, 0.05) is 92.4 Å². The molecule has 5 N–H and O–H groups in total. The van der Waals surface area contributed by atoms with Crippen LogP contribution in [-0.2, 0) is 30.3 Å². The predicted octanol–water partition coefficient (Wildman–Crippen LogP) is 5.88. The number of ether oxygens (including phenoxy) is 4. The minimum atomic E-state index is -1.98. The van der Waals surface area contributed by atoms with E-state index in [1.807, 2.05) is 24.4 Å². The lowest BCUT2D eigenvalue weighted by atomic mass is 9.78. The zero-order valence-electron chi connectivity index (χ0n) is 40.6. The Kier molecular flexibility index (Phi) is 13.8. The minimum Gasteiger partial charge on any atom is -0.507 e. The number of phenolic OH excluding ortho intramolecular Hbond substituents is 2. The van der Waals surface area contributed by atoms with Gasteiger partial charge < -0.3 is 44.7 Å². The number of aromatic hydroxyl groups is 2. The van der Waals surface area contributed by atoms with E-state index in [9.17, 15) is 34.8 Å². The third kappa shape index (κ3) is 9.22. The van der Waals surface area contributed by atoms with Gasteiger partial charge in [-0.05, 0) is 50.5 Å². The molecule has 1 spiro atoms. The van der Waals surface area contributed by atoms with Crippen molar-refractivity contribution in [3.8, 4) is 17.2 Å². The Morgan fingerprint density at radius 2 is 1.68 bits per heavy atom. The minimum absolute atomic E-state index is 0.0390. The first-order valence-corrected chi connectivity index (χ1v) is 23.6. The fraction of sp³-hybridized carbons (Fsp3) is 0.472. The molecule has 4 aromatic rings. The van der Waals surface area contributed by atoms with Crippen LogP contribution in [0.3, 0.4) is 0 Å². The first-order valence-electron chi connectivity index (χ1n) is 23.6. The third-order valence-corrected chi connectivity index (χ3v) is 14.7. The number of aliphatic hydroxyl groups is 2. The van der Waals surface area contributed by atoms with Crippen LogP contribution < -0.4 is 20.8 Å². The molecule has 1 saturated heterocycles. The standard InChI is InChI=1S/C53H63N5O11/c1-27-13-12-14-28(2)51(65)56-43-42-41(57-53(26-55-42)18-20-58(21-19-53)25-34-23-35-15-10-11-16-36(35)54-24-34)38-39(47(43)63)46(62)32(6)49-40(38)50(64)52(8,69-49)67-22-17-37(66-9)29(3)48(68-33(7)59)31(5)45(61)30(4)44(27)60/h10-17,22-24,27,29-31,37,44-45,48,57,60-63H,18-21,25-26H2,1-9H3/b13-12+,22-17+,28-14-,56-43?/t27-,29?,30+,31+,37-,44-,45+,48+,52-/m0/s1. The lowest BCUT2D eigenvalue weighted by Crippen LogP contribution is -2.55. The van der Waals surface area contributed by atoms with Crippen LogP contribution in [0.25, 0.3) is 21.7 Å². The first kappa shape index (κ1) is 49.2. The maximum Gasteiger partial charge on any atom is 0.312 e. The number of para-hydroxylation sites is 1. The van der Waals surface area contributed by atoms with Crippen molar-refractivity contribution in [2.24, 2.45) is 33.7 Å². The maximum absolute atomic E-state index is 15.0. The van der Waals surface area contributed by atoms with Crippen molar-refractivity contribution in [1.29, 1.82) is 0 Å². The molecular formula is C53H63N5O11. The van der Waals surface area contributed by atoms with E-state index in [4.69, 9.17) is 23.9 Å². The largest absolute Gasteiger partial charge is 0.507 e. The fourth-order valence-electron chi connectivity index (χ4n) is 10.4. The summed E-state index contributed by atoms with van der Waals surface area (Å²) in [4.78, 5) is 57.9. The summed E-state index contributed by atoms with van der Waals surface area (Å²) in [7, 11) is 1.47. The van der Waals surface area contributed by atoms with Crippen molar-refractivity contribution in [3.63, 3.8) is 0 Å². The molecule has 5 heterocycles. The van der Waals surface area contributed by atoms with E-state index in [2.05, 4.69) is 32.3 Å². The molecule has 3 aromatic carbocycles. The molecule has 0 saturated carbocycles. The predicted molar refractivity (Wildman–Crippen MR) is 258 cm³/mol. The van der Waals surface area contributed by atoms with Crippen LogP contribution in [-0.4, -0.2) is 110 Å². The molecule has 69 heavy (non-hydrogen) atoms. The summed E-state index contributed by atoms with van der Waals surface area (Å²) in [6.07, 6.45) is 7.06. The second-order valence-corrected chi connectivity index (χ2v) is 19.5. The van der Waals surface area contributed by atoms with Crippen LogP contribution in [0.15, 0.2) is 82.7 Å². The number of likely N-dealkylation sites (tertiary alicyclic amines) is 1. The molecule has 1 fully saturated rings. The molecule has 8 rings (SSSR count). The number of allylic oxidation sites excluding steroid dienone is 2. The van der Waals surface area contributed by atoms with Gasteiger partial charge in [-0.15, -0.1) is 0 Å². The number of piperidine rings is 1. The number of Topliss-reactive ketones (excluding diaryl/α,β-unsaturated/α-hetero) is 1. The monoisotopic (exact) mass is 945 g/mol. The number of carbonyl (C=O) groups excluding carboxylic acids is 3. The van der Waals surface area contributed by atoms with E-state index < -0.39 is 82.8 Å². The first-order chi connectivity index (χ1) is 32.8. The van der Waals surface area contributed by atoms with Crippen LogP contribution in [0, 0.1) is 30.6 Å². The van der Waals surface area contributed by atoms with Gasteiger partial charge in [-0.3, -0.25) is 29.3 Å². The number of anilines is 1. The molecule has 0 radical (unpaired) electrons.